The molecule has 0 amide bonds. The lowest BCUT2D eigenvalue weighted by Gasteiger charge is -2.30. The van der Waals surface area contributed by atoms with Gasteiger partial charge in [0.05, 0.1) is 0 Å². The molecule has 1 aromatic rings. The molecular formula is C12H14O2. The minimum absolute atomic E-state index is 0.109. The van der Waals surface area contributed by atoms with E-state index in [4.69, 9.17) is 0 Å². The Labute approximate surface area is 83.6 Å². The Morgan fingerprint density at radius 1 is 1.43 bits per heavy atom. The van der Waals surface area contributed by atoms with E-state index in [2.05, 4.69) is 0 Å². The standard InChI is InChI=1S/C12H14O2/c1-2-12(14)8-7-9-5-3-4-6-10(9)11(12)13/h3-6,14H,2,7-8H2,1H3/t12-/m0/s1. The van der Waals surface area contributed by atoms with Crippen molar-refractivity contribution in [1.82, 2.24) is 0 Å². The molecule has 0 fully saturated rings. The van der Waals surface area contributed by atoms with E-state index in [0.717, 1.165) is 12.0 Å². The van der Waals surface area contributed by atoms with E-state index in [0.29, 0.717) is 18.4 Å². The molecule has 74 valence electrons. The molecule has 0 saturated heterocycles. The van der Waals surface area contributed by atoms with Gasteiger partial charge in [0, 0.05) is 5.56 Å². The summed E-state index contributed by atoms with van der Waals surface area (Å²) < 4.78 is 0. The summed E-state index contributed by atoms with van der Waals surface area (Å²) >= 11 is 0. The lowest BCUT2D eigenvalue weighted by molar-refractivity contribution is 0.0224. The fourth-order valence-electron chi connectivity index (χ4n) is 2.00. The van der Waals surface area contributed by atoms with Crippen LogP contribution >= 0.6 is 0 Å². The van der Waals surface area contributed by atoms with Crippen LogP contribution < -0.4 is 0 Å². The molecule has 0 aromatic heterocycles. The zero-order valence-corrected chi connectivity index (χ0v) is 8.29. The second kappa shape index (κ2) is 3.21. The summed E-state index contributed by atoms with van der Waals surface area (Å²) in [6.45, 7) is 1.85. The Bertz CT molecular complexity index is 370. The molecule has 0 aliphatic heterocycles. The van der Waals surface area contributed by atoms with E-state index in [1.165, 1.54) is 0 Å². The Kier molecular flexibility index (Phi) is 2.16. The second-order valence-electron chi connectivity index (χ2n) is 3.87. The highest BCUT2D eigenvalue weighted by Gasteiger charge is 2.38. The number of hydrogen-bond acceptors (Lipinski definition) is 2. The highest BCUT2D eigenvalue weighted by molar-refractivity contribution is 6.04. The number of aryl methyl sites for hydroxylation is 1. The van der Waals surface area contributed by atoms with E-state index < -0.39 is 5.60 Å². The van der Waals surface area contributed by atoms with Gasteiger partial charge in [-0.1, -0.05) is 31.2 Å². The van der Waals surface area contributed by atoms with Crippen molar-refractivity contribution in [1.29, 1.82) is 0 Å². The van der Waals surface area contributed by atoms with Crippen LogP contribution in [0.3, 0.4) is 0 Å². The Balaban J connectivity index is 2.46. The number of aliphatic hydroxyl groups is 1. The molecule has 0 unspecified atom stereocenters. The molecule has 1 aliphatic carbocycles. The average Bonchev–Trinajstić information content (AvgIpc) is 2.24. The molecule has 0 saturated carbocycles. The molecule has 1 aromatic carbocycles. The molecule has 0 bridgehead atoms. The molecule has 0 heterocycles. The topological polar surface area (TPSA) is 37.3 Å². The number of ketones is 1. The van der Waals surface area contributed by atoms with Crippen molar-refractivity contribution in [3.05, 3.63) is 35.4 Å². The van der Waals surface area contributed by atoms with Gasteiger partial charge in [0.15, 0.2) is 5.78 Å². The van der Waals surface area contributed by atoms with Gasteiger partial charge in [-0.15, -0.1) is 0 Å². The van der Waals surface area contributed by atoms with Gasteiger partial charge in [-0.3, -0.25) is 4.79 Å². The fraction of sp³-hybridized carbons (Fsp3) is 0.417. The summed E-state index contributed by atoms with van der Waals surface area (Å²) in [5.41, 5.74) is 0.646. The first-order chi connectivity index (χ1) is 6.67. The Hall–Kier alpha value is -1.15. The first-order valence-corrected chi connectivity index (χ1v) is 5.02. The number of Topliss-reactive ketones (excluding diaryl/α,β-unsaturated/α-hetero) is 1. The van der Waals surface area contributed by atoms with Crippen LogP contribution in [0.25, 0.3) is 0 Å². The Morgan fingerprint density at radius 3 is 2.86 bits per heavy atom. The van der Waals surface area contributed by atoms with Crippen LogP contribution in [0.4, 0.5) is 0 Å². The third-order valence-electron chi connectivity index (χ3n) is 3.08. The number of carbonyl (C=O) groups excluding carboxylic acids is 1. The maximum Gasteiger partial charge on any atom is 0.194 e. The molecular weight excluding hydrogens is 176 g/mol. The molecule has 1 N–H and O–H groups in total. The van der Waals surface area contributed by atoms with Crippen LogP contribution in [0.2, 0.25) is 0 Å². The van der Waals surface area contributed by atoms with Gasteiger partial charge in [0.2, 0.25) is 0 Å². The summed E-state index contributed by atoms with van der Waals surface area (Å²) in [5, 5.41) is 10.0. The fourth-order valence-corrected chi connectivity index (χ4v) is 2.00. The normalized spacial score (nSPS) is 26.0. The third-order valence-corrected chi connectivity index (χ3v) is 3.08. The molecule has 0 spiro atoms. The van der Waals surface area contributed by atoms with Crippen LogP contribution in [-0.2, 0) is 6.42 Å². The molecule has 2 heteroatoms. The first kappa shape index (κ1) is 9.41. The lowest BCUT2D eigenvalue weighted by Crippen LogP contribution is -2.41. The van der Waals surface area contributed by atoms with Gasteiger partial charge in [-0.25, -0.2) is 0 Å². The van der Waals surface area contributed by atoms with Crippen molar-refractivity contribution in [2.45, 2.75) is 31.8 Å². The predicted molar refractivity (Wildman–Crippen MR) is 54.3 cm³/mol. The van der Waals surface area contributed by atoms with E-state index in [1.54, 1.807) is 6.07 Å². The minimum atomic E-state index is -1.12. The van der Waals surface area contributed by atoms with Gasteiger partial charge in [0.25, 0.3) is 0 Å². The SMILES string of the molecule is CC[C@]1(O)CCc2ccccc2C1=O. The molecule has 2 rings (SSSR count). The molecule has 2 nitrogen and oxygen atoms in total. The van der Waals surface area contributed by atoms with Crippen molar-refractivity contribution < 1.29 is 9.90 Å². The first-order valence-electron chi connectivity index (χ1n) is 5.02. The summed E-state index contributed by atoms with van der Waals surface area (Å²) in [7, 11) is 0. The molecule has 1 atom stereocenters. The molecule has 0 radical (unpaired) electrons. The van der Waals surface area contributed by atoms with Crippen LogP contribution in [0.5, 0.6) is 0 Å². The summed E-state index contributed by atoms with van der Waals surface area (Å²) in [6.07, 6.45) is 1.85. The van der Waals surface area contributed by atoms with E-state index in [1.807, 2.05) is 25.1 Å². The van der Waals surface area contributed by atoms with Crippen LogP contribution in [-0.4, -0.2) is 16.5 Å². The highest BCUT2D eigenvalue weighted by atomic mass is 16.3. The third kappa shape index (κ3) is 1.26. The van der Waals surface area contributed by atoms with Crippen LogP contribution in [0, 0.1) is 0 Å². The maximum absolute atomic E-state index is 11.9. The van der Waals surface area contributed by atoms with E-state index in [9.17, 15) is 9.90 Å². The quantitative estimate of drug-likeness (QED) is 0.735. The van der Waals surface area contributed by atoms with Gasteiger partial charge < -0.3 is 5.11 Å². The Morgan fingerprint density at radius 2 is 2.14 bits per heavy atom. The van der Waals surface area contributed by atoms with Crippen molar-refractivity contribution >= 4 is 5.78 Å². The summed E-state index contributed by atoms with van der Waals surface area (Å²) in [6, 6.07) is 7.54. The summed E-state index contributed by atoms with van der Waals surface area (Å²) in [4.78, 5) is 11.9. The second-order valence-corrected chi connectivity index (χ2v) is 3.87. The lowest BCUT2D eigenvalue weighted by atomic mass is 9.78. The molecule has 14 heavy (non-hydrogen) atoms. The monoisotopic (exact) mass is 190 g/mol. The average molecular weight is 190 g/mol. The van der Waals surface area contributed by atoms with Crippen molar-refractivity contribution in [3.8, 4) is 0 Å². The largest absolute Gasteiger partial charge is 0.382 e. The summed E-state index contributed by atoms with van der Waals surface area (Å²) in [5.74, 6) is -0.109. The minimum Gasteiger partial charge on any atom is -0.382 e. The number of hydrogen-bond donors (Lipinski definition) is 1. The van der Waals surface area contributed by atoms with E-state index >= 15 is 0 Å². The van der Waals surface area contributed by atoms with Crippen molar-refractivity contribution in [2.24, 2.45) is 0 Å². The van der Waals surface area contributed by atoms with Gasteiger partial charge in [-0.2, -0.15) is 0 Å². The van der Waals surface area contributed by atoms with Gasteiger partial charge in [-0.05, 0) is 24.8 Å². The zero-order chi connectivity index (χ0) is 10.2. The van der Waals surface area contributed by atoms with Crippen molar-refractivity contribution in [2.75, 3.05) is 0 Å². The van der Waals surface area contributed by atoms with Gasteiger partial charge >= 0.3 is 0 Å². The highest BCUT2D eigenvalue weighted by Crippen LogP contribution is 2.30. The molecule has 1 aliphatic rings. The van der Waals surface area contributed by atoms with Crippen LogP contribution in [0.15, 0.2) is 24.3 Å². The maximum atomic E-state index is 11.9. The zero-order valence-electron chi connectivity index (χ0n) is 8.29. The van der Waals surface area contributed by atoms with E-state index in [-0.39, 0.29) is 5.78 Å². The smallest absolute Gasteiger partial charge is 0.194 e. The van der Waals surface area contributed by atoms with Crippen LogP contribution in [0.1, 0.15) is 35.7 Å². The number of carbonyl (C=O) groups is 1. The number of benzene rings is 1. The predicted octanol–water partition coefficient (Wildman–Crippen LogP) is 1.96. The van der Waals surface area contributed by atoms with Gasteiger partial charge in [0.1, 0.15) is 5.60 Å². The van der Waals surface area contributed by atoms with Crippen molar-refractivity contribution in [3.63, 3.8) is 0 Å². The number of rotatable bonds is 1. The number of fused-ring (bicyclic) bond motifs is 1.